The number of carbonyl (C=O) groups excluding carboxylic acids is 1. The maximum absolute atomic E-state index is 12.2. The van der Waals surface area contributed by atoms with E-state index in [2.05, 4.69) is 16.9 Å². The molecule has 7 heteroatoms. The summed E-state index contributed by atoms with van der Waals surface area (Å²) in [6.07, 6.45) is 3.68. The molecular formula is C15H24ClN3O2S. The molecule has 0 bridgehead atoms. The number of nitrogens with zero attached hydrogens (tertiary/aromatic N) is 3. The Balaban J connectivity index is 1.90. The minimum atomic E-state index is -0.449. The number of carbonyl (C=O) groups is 1. The van der Waals surface area contributed by atoms with E-state index in [9.17, 15) is 4.79 Å². The van der Waals surface area contributed by atoms with Gasteiger partial charge in [-0.25, -0.2) is 9.78 Å². The summed E-state index contributed by atoms with van der Waals surface area (Å²) in [6, 6.07) is 0.335. The van der Waals surface area contributed by atoms with Crippen molar-refractivity contribution in [2.24, 2.45) is 0 Å². The molecule has 1 unspecified atom stereocenters. The first-order valence-electron chi connectivity index (χ1n) is 7.53. The van der Waals surface area contributed by atoms with Crippen LogP contribution >= 0.6 is 22.9 Å². The molecule has 2 heterocycles. The lowest BCUT2D eigenvalue weighted by Crippen LogP contribution is -2.49. The molecule has 1 atom stereocenters. The van der Waals surface area contributed by atoms with Crippen molar-refractivity contribution in [1.82, 2.24) is 14.8 Å². The van der Waals surface area contributed by atoms with E-state index < -0.39 is 5.60 Å². The van der Waals surface area contributed by atoms with E-state index in [4.69, 9.17) is 16.3 Å². The third kappa shape index (κ3) is 5.11. The summed E-state index contributed by atoms with van der Waals surface area (Å²) >= 11 is 7.38. The molecule has 0 N–H and O–H groups in total. The molecule has 0 aliphatic carbocycles. The molecule has 1 aliphatic rings. The molecule has 2 rings (SSSR count). The maximum Gasteiger partial charge on any atom is 0.410 e. The molecule has 1 aromatic rings. The Morgan fingerprint density at radius 3 is 2.91 bits per heavy atom. The molecule has 0 spiro atoms. The number of thiazole rings is 1. The van der Waals surface area contributed by atoms with Crippen molar-refractivity contribution in [3.05, 3.63) is 15.5 Å². The van der Waals surface area contributed by atoms with Gasteiger partial charge in [-0.1, -0.05) is 11.6 Å². The van der Waals surface area contributed by atoms with Gasteiger partial charge in [-0.15, -0.1) is 11.3 Å². The maximum atomic E-state index is 12.2. The van der Waals surface area contributed by atoms with Crippen molar-refractivity contribution in [1.29, 1.82) is 0 Å². The Morgan fingerprint density at radius 2 is 2.32 bits per heavy atom. The lowest BCUT2D eigenvalue weighted by molar-refractivity contribution is 0.0121. The average molecular weight is 346 g/mol. The second-order valence-corrected chi connectivity index (χ2v) is 8.41. The normalized spacial score (nSPS) is 19.5. The van der Waals surface area contributed by atoms with Crippen LogP contribution in [0.15, 0.2) is 6.20 Å². The number of ether oxygens (including phenoxy) is 1. The van der Waals surface area contributed by atoms with Crippen molar-refractivity contribution in [3.8, 4) is 0 Å². The lowest BCUT2D eigenvalue weighted by atomic mass is 10.0. The smallest absolute Gasteiger partial charge is 0.410 e. The van der Waals surface area contributed by atoms with Crippen molar-refractivity contribution < 1.29 is 9.53 Å². The van der Waals surface area contributed by atoms with Crippen LogP contribution in [0.1, 0.15) is 38.5 Å². The zero-order valence-electron chi connectivity index (χ0n) is 13.6. The molecule has 1 amide bonds. The number of halogens is 1. The fourth-order valence-electron chi connectivity index (χ4n) is 2.54. The molecule has 1 fully saturated rings. The number of likely N-dealkylation sites (N-methyl/N-ethyl adjacent to an activating group) is 1. The quantitative estimate of drug-likeness (QED) is 0.839. The zero-order chi connectivity index (χ0) is 16.3. The molecule has 1 aliphatic heterocycles. The molecule has 0 aromatic carbocycles. The summed E-state index contributed by atoms with van der Waals surface area (Å²) in [5, 5.41) is 0. The van der Waals surface area contributed by atoms with Crippen molar-refractivity contribution in [3.63, 3.8) is 0 Å². The molecular weight excluding hydrogens is 322 g/mol. The van der Waals surface area contributed by atoms with Gasteiger partial charge >= 0.3 is 6.09 Å². The SMILES string of the molecule is CN(Cc1cnc(Cl)s1)C1CCCN(C(=O)OC(C)(C)C)C1. The van der Waals surface area contributed by atoms with E-state index in [0.29, 0.717) is 17.1 Å². The number of rotatable bonds is 3. The number of hydrogen-bond acceptors (Lipinski definition) is 5. The van der Waals surface area contributed by atoms with Crippen LogP contribution in [0.25, 0.3) is 0 Å². The van der Waals surface area contributed by atoms with Crippen LogP contribution in [0, 0.1) is 0 Å². The summed E-state index contributed by atoms with van der Waals surface area (Å²) in [4.78, 5) is 21.5. The van der Waals surface area contributed by atoms with Crippen LogP contribution in [-0.4, -0.2) is 52.7 Å². The summed E-state index contributed by atoms with van der Waals surface area (Å²) in [5.41, 5.74) is -0.449. The highest BCUT2D eigenvalue weighted by Gasteiger charge is 2.29. The monoisotopic (exact) mass is 345 g/mol. The van der Waals surface area contributed by atoms with Gasteiger partial charge in [0.15, 0.2) is 4.47 Å². The Kier molecular flexibility index (Phi) is 5.69. The van der Waals surface area contributed by atoms with Gasteiger partial charge in [0.1, 0.15) is 5.60 Å². The minimum absolute atomic E-state index is 0.216. The molecule has 124 valence electrons. The third-order valence-electron chi connectivity index (χ3n) is 3.60. The topological polar surface area (TPSA) is 45.7 Å². The van der Waals surface area contributed by atoms with Crippen molar-refractivity contribution in [2.45, 2.75) is 51.8 Å². The van der Waals surface area contributed by atoms with Gasteiger partial charge in [0.05, 0.1) is 0 Å². The van der Waals surface area contributed by atoms with Crippen LogP contribution in [0.4, 0.5) is 4.79 Å². The van der Waals surface area contributed by atoms with Gasteiger partial charge in [-0.3, -0.25) is 4.90 Å². The van der Waals surface area contributed by atoms with Gasteiger partial charge < -0.3 is 9.64 Å². The molecule has 1 saturated heterocycles. The van der Waals surface area contributed by atoms with Crippen LogP contribution in [0.2, 0.25) is 4.47 Å². The highest BCUT2D eigenvalue weighted by Crippen LogP contribution is 2.23. The predicted molar refractivity (Wildman–Crippen MR) is 89.4 cm³/mol. The van der Waals surface area contributed by atoms with E-state index in [-0.39, 0.29) is 6.09 Å². The first-order valence-corrected chi connectivity index (χ1v) is 8.72. The molecule has 0 saturated carbocycles. The highest BCUT2D eigenvalue weighted by molar-refractivity contribution is 7.15. The van der Waals surface area contributed by atoms with Crippen LogP contribution in [-0.2, 0) is 11.3 Å². The number of hydrogen-bond donors (Lipinski definition) is 0. The fraction of sp³-hybridized carbons (Fsp3) is 0.733. The Morgan fingerprint density at radius 1 is 1.59 bits per heavy atom. The Hall–Kier alpha value is -0.850. The number of likely N-dealkylation sites (tertiary alicyclic amines) is 1. The number of piperidine rings is 1. The molecule has 5 nitrogen and oxygen atoms in total. The summed E-state index contributed by atoms with van der Waals surface area (Å²) in [5.74, 6) is 0. The third-order valence-corrected chi connectivity index (χ3v) is 4.70. The Bertz CT molecular complexity index is 515. The second-order valence-electron chi connectivity index (χ2n) is 6.72. The van der Waals surface area contributed by atoms with E-state index in [0.717, 1.165) is 30.8 Å². The van der Waals surface area contributed by atoms with E-state index in [1.165, 1.54) is 11.3 Å². The first kappa shape index (κ1) is 17.5. The van der Waals surface area contributed by atoms with Crippen molar-refractivity contribution in [2.75, 3.05) is 20.1 Å². The highest BCUT2D eigenvalue weighted by atomic mass is 35.5. The van der Waals surface area contributed by atoms with E-state index in [1.807, 2.05) is 31.9 Å². The van der Waals surface area contributed by atoms with Gasteiger partial charge in [0.2, 0.25) is 0 Å². The number of amides is 1. The summed E-state index contributed by atoms with van der Waals surface area (Å²) in [6.45, 7) is 7.96. The zero-order valence-corrected chi connectivity index (χ0v) is 15.2. The van der Waals surface area contributed by atoms with Gasteiger partial charge in [-0.05, 0) is 40.7 Å². The standard InChI is InChI=1S/C15H24ClN3O2S/c1-15(2,3)21-14(20)19-7-5-6-11(9-19)18(4)10-12-8-17-13(16)22-12/h8,11H,5-7,9-10H2,1-4H3. The van der Waals surface area contributed by atoms with Crippen LogP contribution in [0.5, 0.6) is 0 Å². The van der Waals surface area contributed by atoms with Gasteiger partial charge in [0.25, 0.3) is 0 Å². The summed E-state index contributed by atoms with van der Waals surface area (Å²) < 4.78 is 6.04. The predicted octanol–water partition coefficient (Wildman–Crippen LogP) is 3.63. The van der Waals surface area contributed by atoms with Crippen molar-refractivity contribution >= 4 is 29.0 Å². The lowest BCUT2D eigenvalue weighted by Gasteiger charge is -2.38. The fourth-order valence-corrected chi connectivity index (χ4v) is 3.58. The first-order chi connectivity index (χ1) is 10.2. The van der Waals surface area contributed by atoms with Crippen LogP contribution in [0.3, 0.4) is 0 Å². The summed E-state index contributed by atoms with van der Waals surface area (Å²) in [7, 11) is 2.08. The minimum Gasteiger partial charge on any atom is -0.444 e. The average Bonchev–Trinajstić information content (AvgIpc) is 2.82. The largest absolute Gasteiger partial charge is 0.444 e. The van der Waals surface area contributed by atoms with E-state index in [1.54, 1.807) is 0 Å². The van der Waals surface area contributed by atoms with Crippen LogP contribution < -0.4 is 0 Å². The van der Waals surface area contributed by atoms with Gasteiger partial charge in [0, 0.05) is 36.8 Å². The number of aromatic nitrogens is 1. The molecule has 1 aromatic heterocycles. The second kappa shape index (κ2) is 7.15. The molecule has 0 radical (unpaired) electrons. The van der Waals surface area contributed by atoms with E-state index >= 15 is 0 Å². The molecule has 22 heavy (non-hydrogen) atoms. The Labute approximate surface area is 141 Å². The van der Waals surface area contributed by atoms with Gasteiger partial charge in [-0.2, -0.15) is 0 Å².